The van der Waals surface area contributed by atoms with E-state index in [0.717, 1.165) is 37.3 Å². The van der Waals surface area contributed by atoms with E-state index < -0.39 is 0 Å². The summed E-state index contributed by atoms with van der Waals surface area (Å²) < 4.78 is 0. The van der Waals surface area contributed by atoms with Crippen molar-refractivity contribution in [3.05, 3.63) is 35.4 Å². The van der Waals surface area contributed by atoms with Crippen LogP contribution >= 0.6 is 0 Å². The van der Waals surface area contributed by atoms with Crippen molar-refractivity contribution in [3.63, 3.8) is 0 Å². The van der Waals surface area contributed by atoms with Crippen LogP contribution in [-0.4, -0.2) is 18.4 Å². The number of piperidine rings is 1. The Labute approximate surface area is 109 Å². The normalized spacial score (nSPS) is 32.1. The Balaban J connectivity index is 1.82. The number of fused-ring (bicyclic) bond motifs is 1. The zero-order valence-electron chi connectivity index (χ0n) is 11.0. The molecule has 0 amide bonds. The Hall–Kier alpha value is -1.15. The molecule has 3 atom stereocenters. The summed E-state index contributed by atoms with van der Waals surface area (Å²) in [6, 6.07) is 8.51. The first-order valence-corrected chi connectivity index (χ1v) is 7.11. The first kappa shape index (κ1) is 11.9. The number of Topliss-reactive ketones (excluding diaryl/α,β-unsaturated/α-hetero) is 1. The van der Waals surface area contributed by atoms with Crippen LogP contribution in [0.2, 0.25) is 0 Å². The van der Waals surface area contributed by atoms with Gasteiger partial charge in [-0.25, -0.2) is 0 Å². The summed E-state index contributed by atoms with van der Waals surface area (Å²) >= 11 is 0. The second kappa shape index (κ2) is 4.85. The van der Waals surface area contributed by atoms with Gasteiger partial charge in [-0.3, -0.25) is 4.79 Å². The van der Waals surface area contributed by atoms with Gasteiger partial charge >= 0.3 is 0 Å². The van der Waals surface area contributed by atoms with Crippen LogP contribution in [0.4, 0.5) is 0 Å². The molecule has 3 unspecified atom stereocenters. The molecule has 1 fully saturated rings. The van der Waals surface area contributed by atoms with Gasteiger partial charge in [0.2, 0.25) is 0 Å². The van der Waals surface area contributed by atoms with E-state index in [1.807, 2.05) is 18.2 Å². The number of nitrogens with one attached hydrogen (secondary N) is 1. The number of hydrogen-bond acceptors (Lipinski definition) is 2. The molecule has 0 bridgehead atoms. The average molecular weight is 243 g/mol. The van der Waals surface area contributed by atoms with Crippen LogP contribution in [0.3, 0.4) is 0 Å². The minimum Gasteiger partial charge on any atom is -0.313 e. The number of benzene rings is 1. The van der Waals surface area contributed by atoms with Crippen molar-refractivity contribution < 1.29 is 4.79 Å². The van der Waals surface area contributed by atoms with E-state index in [-0.39, 0.29) is 5.92 Å². The minimum atomic E-state index is 0.197. The van der Waals surface area contributed by atoms with Gasteiger partial charge < -0.3 is 5.32 Å². The molecule has 0 aromatic heterocycles. The second-order valence-corrected chi connectivity index (χ2v) is 5.86. The summed E-state index contributed by atoms with van der Waals surface area (Å²) in [4.78, 5) is 12.6. The summed E-state index contributed by atoms with van der Waals surface area (Å²) in [5, 5.41) is 3.56. The fourth-order valence-corrected chi connectivity index (χ4v) is 3.46. The van der Waals surface area contributed by atoms with Crippen LogP contribution in [-0.2, 0) is 6.42 Å². The quantitative estimate of drug-likeness (QED) is 0.821. The van der Waals surface area contributed by atoms with Crippen LogP contribution in [0, 0.1) is 11.8 Å². The third-order valence-electron chi connectivity index (χ3n) is 4.53. The second-order valence-electron chi connectivity index (χ2n) is 5.86. The van der Waals surface area contributed by atoms with Gasteiger partial charge in [-0.05, 0) is 43.7 Å². The highest BCUT2D eigenvalue weighted by Gasteiger charge is 2.35. The van der Waals surface area contributed by atoms with Crippen molar-refractivity contribution in [1.29, 1.82) is 0 Å². The molecule has 96 valence electrons. The maximum absolute atomic E-state index is 12.6. The van der Waals surface area contributed by atoms with Crippen molar-refractivity contribution in [2.75, 3.05) is 6.54 Å². The van der Waals surface area contributed by atoms with Gasteiger partial charge in [-0.2, -0.15) is 0 Å². The zero-order valence-corrected chi connectivity index (χ0v) is 11.0. The molecule has 2 heteroatoms. The molecule has 2 nitrogen and oxygen atoms in total. The molecule has 1 heterocycles. The standard InChI is InChI=1S/C16H21NO/c1-11-8-9-17-15(10-11)14-7-6-12-4-2-3-5-13(12)16(14)18/h2-5,11,14-15,17H,6-10H2,1H3. The van der Waals surface area contributed by atoms with Crippen LogP contribution in [0.15, 0.2) is 24.3 Å². The van der Waals surface area contributed by atoms with Gasteiger partial charge in [-0.1, -0.05) is 31.2 Å². The zero-order chi connectivity index (χ0) is 12.5. The van der Waals surface area contributed by atoms with E-state index in [9.17, 15) is 4.79 Å². The van der Waals surface area contributed by atoms with Crippen LogP contribution in [0.5, 0.6) is 0 Å². The molecule has 3 rings (SSSR count). The number of hydrogen-bond donors (Lipinski definition) is 1. The molecule has 0 spiro atoms. The fraction of sp³-hybridized carbons (Fsp3) is 0.562. The highest BCUT2D eigenvalue weighted by Crippen LogP contribution is 2.31. The lowest BCUT2D eigenvalue weighted by atomic mass is 9.75. The largest absolute Gasteiger partial charge is 0.313 e. The first-order valence-electron chi connectivity index (χ1n) is 7.11. The molecule has 1 aromatic carbocycles. The third kappa shape index (κ3) is 2.10. The minimum absolute atomic E-state index is 0.197. The van der Waals surface area contributed by atoms with E-state index >= 15 is 0 Å². The molecule has 1 aromatic rings. The Bertz CT molecular complexity index is 454. The predicted octanol–water partition coefficient (Wildman–Crippen LogP) is 2.82. The number of carbonyl (C=O) groups is 1. The third-order valence-corrected chi connectivity index (χ3v) is 4.53. The summed E-state index contributed by atoms with van der Waals surface area (Å²) in [6.45, 7) is 3.37. The van der Waals surface area contributed by atoms with Gasteiger partial charge in [-0.15, -0.1) is 0 Å². The Morgan fingerprint density at radius 3 is 2.89 bits per heavy atom. The molecule has 2 aliphatic rings. The molecule has 1 aliphatic carbocycles. The lowest BCUT2D eigenvalue weighted by molar-refractivity contribution is 0.0843. The van der Waals surface area contributed by atoms with Gasteiger partial charge in [0.05, 0.1) is 0 Å². The molecular formula is C16H21NO. The van der Waals surface area contributed by atoms with Crippen molar-refractivity contribution in [2.45, 2.75) is 38.6 Å². The predicted molar refractivity (Wildman–Crippen MR) is 72.8 cm³/mol. The SMILES string of the molecule is CC1CCNC(C2CCc3ccccc3C2=O)C1. The molecule has 0 radical (unpaired) electrons. The van der Waals surface area contributed by atoms with Gasteiger partial charge in [0.15, 0.2) is 5.78 Å². The van der Waals surface area contributed by atoms with Gasteiger partial charge in [0.25, 0.3) is 0 Å². The van der Waals surface area contributed by atoms with E-state index in [0.29, 0.717) is 11.8 Å². The molecular weight excluding hydrogens is 222 g/mol. The van der Waals surface area contributed by atoms with Gasteiger partial charge in [0, 0.05) is 17.5 Å². The summed E-state index contributed by atoms with van der Waals surface area (Å²) in [7, 11) is 0. The molecule has 18 heavy (non-hydrogen) atoms. The first-order chi connectivity index (χ1) is 8.75. The summed E-state index contributed by atoms with van der Waals surface area (Å²) in [5.74, 6) is 1.31. The molecule has 1 aliphatic heterocycles. The number of ketones is 1. The Morgan fingerprint density at radius 2 is 2.06 bits per heavy atom. The van der Waals surface area contributed by atoms with Gasteiger partial charge in [0.1, 0.15) is 0 Å². The monoisotopic (exact) mass is 243 g/mol. The summed E-state index contributed by atoms with van der Waals surface area (Å²) in [6.07, 6.45) is 4.46. The average Bonchev–Trinajstić information content (AvgIpc) is 2.39. The van der Waals surface area contributed by atoms with Crippen LogP contribution in [0.25, 0.3) is 0 Å². The van der Waals surface area contributed by atoms with E-state index in [1.165, 1.54) is 12.0 Å². The van der Waals surface area contributed by atoms with Crippen molar-refractivity contribution >= 4 is 5.78 Å². The van der Waals surface area contributed by atoms with E-state index in [1.54, 1.807) is 0 Å². The fourth-order valence-electron chi connectivity index (χ4n) is 3.46. The number of rotatable bonds is 1. The Morgan fingerprint density at radius 1 is 1.22 bits per heavy atom. The maximum Gasteiger partial charge on any atom is 0.167 e. The highest BCUT2D eigenvalue weighted by molar-refractivity contribution is 6.00. The van der Waals surface area contributed by atoms with Crippen LogP contribution in [0.1, 0.15) is 42.1 Å². The van der Waals surface area contributed by atoms with Crippen molar-refractivity contribution in [1.82, 2.24) is 5.32 Å². The lowest BCUT2D eigenvalue weighted by Crippen LogP contribution is -2.46. The van der Waals surface area contributed by atoms with Crippen molar-refractivity contribution in [2.24, 2.45) is 11.8 Å². The topological polar surface area (TPSA) is 29.1 Å². The molecule has 0 saturated carbocycles. The molecule has 1 saturated heterocycles. The smallest absolute Gasteiger partial charge is 0.167 e. The number of aryl methyl sites for hydroxylation is 1. The lowest BCUT2D eigenvalue weighted by Gasteiger charge is -2.35. The van der Waals surface area contributed by atoms with E-state index in [4.69, 9.17) is 0 Å². The maximum atomic E-state index is 12.6. The summed E-state index contributed by atoms with van der Waals surface area (Å²) in [5.41, 5.74) is 2.20. The molecule has 1 N–H and O–H groups in total. The highest BCUT2D eigenvalue weighted by atomic mass is 16.1. The number of carbonyl (C=O) groups excluding carboxylic acids is 1. The Kier molecular flexibility index (Phi) is 3.21. The van der Waals surface area contributed by atoms with Crippen LogP contribution < -0.4 is 5.32 Å². The van der Waals surface area contributed by atoms with E-state index in [2.05, 4.69) is 18.3 Å². The van der Waals surface area contributed by atoms with Crippen molar-refractivity contribution in [3.8, 4) is 0 Å².